The average molecular weight is 344 g/mol. The molecule has 1 atom stereocenters. The average Bonchev–Trinajstić information content (AvgIpc) is 3.17. The van der Waals surface area contributed by atoms with Crippen LogP contribution in [0.25, 0.3) is 0 Å². The SMILES string of the molecule is CC(C)N1CC[C@]2(Cc3nc(=O)c(C(=O)N4CCCCC4)cn3C2)C1. The third kappa shape index (κ3) is 3.01. The molecule has 3 aliphatic heterocycles. The smallest absolute Gasteiger partial charge is 0.285 e. The third-order valence-electron chi connectivity index (χ3n) is 6.19. The molecule has 0 radical (unpaired) electrons. The standard InChI is InChI=1S/C19H28N4O2/c1-14(2)22-9-6-19(12-22)10-16-20-17(24)15(11-23(16)13-19)18(25)21-7-4-3-5-8-21/h11,14H,3-10,12-13H2,1-2H3/t19-/m0/s1. The summed E-state index contributed by atoms with van der Waals surface area (Å²) in [6.07, 6.45) is 7.00. The Morgan fingerprint density at radius 3 is 2.60 bits per heavy atom. The molecule has 0 aliphatic carbocycles. The lowest BCUT2D eigenvalue weighted by Gasteiger charge is -2.26. The van der Waals surface area contributed by atoms with E-state index in [4.69, 9.17) is 0 Å². The minimum absolute atomic E-state index is 0.135. The van der Waals surface area contributed by atoms with Gasteiger partial charge in [0.1, 0.15) is 11.4 Å². The molecule has 1 aromatic heterocycles. The van der Waals surface area contributed by atoms with Gasteiger partial charge >= 0.3 is 0 Å². The van der Waals surface area contributed by atoms with E-state index in [-0.39, 0.29) is 22.4 Å². The van der Waals surface area contributed by atoms with Crippen molar-refractivity contribution in [1.82, 2.24) is 19.4 Å². The minimum Gasteiger partial charge on any atom is -0.338 e. The topological polar surface area (TPSA) is 58.4 Å². The van der Waals surface area contributed by atoms with Crippen LogP contribution in [-0.4, -0.2) is 57.5 Å². The van der Waals surface area contributed by atoms with Crippen LogP contribution in [0, 0.1) is 5.41 Å². The number of amides is 1. The van der Waals surface area contributed by atoms with E-state index in [2.05, 4.69) is 28.3 Å². The second-order valence-corrected chi connectivity index (χ2v) is 8.35. The van der Waals surface area contributed by atoms with E-state index in [9.17, 15) is 9.59 Å². The highest BCUT2D eigenvalue weighted by molar-refractivity contribution is 5.93. The van der Waals surface area contributed by atoms with E-state index in [1.54, 1.807) is 6.20 Å². The predicted octanol–water partition coefficient (Wildman–Crippen LogP) is 1.53. The van der Waals surface area contributed by atoms with Gasteiger partial charge in [0.2, 0.25) is 0 Å². The molecule has 4 heterocycles. The quantitative estimate of drug-likeness (QED) is 0.816. The van der Waals surface area contributed by atoms with E-state index < -0.39 is 0 Å². The molecule has 4 rings (SSSR count). The summed E-state index contributed by atoms with van der Waals surface area (Å²) in [7, 11) is 0. The molecule has 1 amide bonds. The number of nitrogens with zero attached hydrogens (tertiary/aromatic N) is 4. The van der Waals surface area contributed by atoms with Gasteiger partial charge in [-0.1, -0.05) is 0 Å². The number of piperidine rings is 1. The van der Waals surface area contributed by atoms with Gasteiger partial charge in [0.05, 0.1) is 0 Å². The lowest BCUT2D eigenvalue weighted by atomic mass is 9.86. The van der Waals surface area contributed by atoms with Crippen molar-refractivity contribution in [3.63, 3.8) is 0 Å². The molecule has 1 spiro atoms. The molecule has 0 aromatic carbocycles. The van der Waals surface area contributed by atoms with Gasteiger partial charge < -0.3 is 14.4 Å². The molecule has 25 heavy (non-hydrogen) atoms. The van der Waals surface area contributed by atoms with E-state index in [0.717, 1.165) is 64.2 Å². The van der Waals surface area contributed by atoms with Crippen LogP contribution in [0.15, 0.2) is 11.0 Å². The summed E-state index contributed by atoms with van der Waals surface area (Å²) in [6.45, 7) is 9.02. The van der Waals surface area contributed by atoms with E-state index in [1.807, 2.05) is 4.90 Å². The van der Waals surface area contributed by atoms with Crippen LogP contribution >= 0.6 is 0 Å². The van der Waals surface area contributed by atoms with Crippen LogP contribution in [0.1, 0.15) is 55.7 Å². The number of hydrogen-bond donors (Lipinski definition) is 0. The van der Waals surface area contributed by atoms with Crippen molar-refractivity contribution in [3.05, 3.63) is 27.9 Å². The van der Waals surface area contributed by atoms with Crippen molar-refractivity contribution in [1.29, 1.82) is 0 Å². The highest BCUT2D eigenvalue weighted by atomic mass is 16.2. The van der Waals surface area contributed by atoms with E-state index >= 15 is 0 Å². The van der Waals surface area contributed by atoms with Gasteiger partial charge in [-0.05, 0) is 46.1 Å². The Hall–Kier alpha value is -1.69. The van der Waals surface area contributed by atoms with Crippen LogP contribution in [-0.2, 0) is 13.0 Å². The maximum absolute atomic E-state index is 12.7. The Morgan fingerprint density at radius 1 is 1.16 bits per heavy atom. The van der Waals surface area contributed by atoms with Crippen molar-refractivity contribution in [3.8, 4) is 0 Å². The van der Waals surface area contributed by atoms with Gasteiger partial charge in [-0.2, -0.15) is 4.98 Å². The first kappa shape index (κ1) is 16.8. The van der Waals surface area contributed by atoms with Gasteiger partial charge in [-0.3, -0.25) is 9.59 Å². The van der Waals surface area contributed by atoms with Crippen LogP contribution in [0.5, 0.6) is 0 Å². The summed E-state index contributed by atoms with van der Waals surface area (Å²) in [5.41, 5.74) is 0.0859. The van der Waals surface area contributed by atoms with Crippen molar-refractivity contribution in [2.75, 3.05) is 26.2 Å². The Labute approximate surface area is 148 Å². The Kier molecular flexibility index (Phi) is 4.18. The van der Waals surface area contributed by atoms with Crippen molar-refractivity contribution in [2.45, 2.75) is 58.5 Å². The Bertz CT molecular complexity index is 735. The summed E-state index contributed by atoms with van der Waals surface area (Å²) >= 11 is 0. The molecule has 136 valence electrons. The summed E-state index contributed by atoms with van der Waals surface area (Å²) in [5, 5.41) is 0. The molecule has 0 N–H and O–H groups in total. The molecule has 2 saturated heterocycles. The van der Waals surface area contributed by atoms with E-state index in [1.165, 1.54) is 6.42 Å². The lowest BCUT2D eigenvalue weighted by molar-refractivity contribution is 0.0721. The van der Waals surface area contributed by atoms with Gasteiger partial charge in [-0.25, -0.2) is 0 Å². The molecule has 0 unspecified atom stereocenters. The second kappa shape index (κ2) is 6.24. The van der Waals surface area contributed by atoms with Gasteiger partial charge in [0.15, 0.2) is 0 Å². The van der Waals surface area contributed by atoms with Crippen molar-refractivity contribution in [2.24, 2.45) is 5.41 Å². The maximum atomic E-state index is 12.7. The molecule has 1 aromatic rings. The van der Waals surface area contributed by atoms with Crippen molar-refractivity contribution < 1.29 is 4.79 Å². The molecular weight excluding hydrogens is 316 g/mol. The van der Waals surface area contributed by atoms with Gasteiger partial charge in [-0.15, -0.1) is 0 Å². The highest BCUT2D eigenvalue weighted by Gasteiger charge is 2.44. The van der Waals surface area contributed by atoms with Crippen molar-refractivity contribution >= 4 is 5.91 Å². The molecule has 2 fully saturated rings. The first-order chi connectivity index (χ1) is 12.0. The minimum atomic E-state index is -0.349. The van der Waals surface area contributed by atoms with Gasteiger partial charge in [0, 0.05) is 50.3 Å². The number of carbonyl (C=O) groups is 1. The Balaban J connectivity index is 1.57. The molecular formula is C19H28N4O2. The largest absolute Gasteiger partial charge is 0.338 e. The summed E-state index contributed by atoms with van der Waals surface area (Å²) in [5.74, 6) is 0.717. The Morgan fingerprint density at radius 2 is 1.92 bits per heavy atom. The molecule has 6 nitrogen and oxygen atoms in total. The van der Waals surface area contributed by atoms with Crippen LogP contribution in [0.3, 0.4) is 0 Å². The zero-order valence-electron chi connectivity index (χ0n) is 15.3. The molecule has 6 heteroatoms. The van der Waals surface area contributed by atoms with E-state index in [0.29, 0.717) is 6.04 Å². The number of aromatic nitrogens is 2. The summed E-state index contributed by atoms with van der Waals surface area (Å²) < 4.78 is 2.07. The zero-order chi connectivity index (χ0) is 17.6. The van der Waals surface area contributed by atoms with Crippen LogP contribution < -0.4 is 5.56 Å². The number of rotatable bonds is 2. The number of carbonyl (C=O) groups excluding carboxylic acids is 1. The number of hydrogen-bond acceptors (Lipinski definition) is 4. The molecule has 0 bridgehead atoms. The lowest BCUT2D eigenvalue weighted by Crippen LogP contribution is -2.39. The third-order valence-corrected chi connectivity index (χ3v) is 6.19. The first-order valence-electron chi connectivity index (χ1n) is 9.61. The monoisotopic (exact) mass is 344 g/mol. The fraction of sp³-hybridized carbons (Fsp3) is 0.737. The summed E-state index contributed by atoms with van der Waals surface area (Å²) in [6, 6.07) is 0.548. The fourth-order valence-electron chi connectivity index (χ4n) is 4.66. The number of likely N-dealkylation sites (tertiary alicyclic amines) is 2. The van der Waals surface area contributed by atoms with Gasteiger partial charge in [0.25, 0.3) is 11.5 Å². The maximum Gasteiger partial charge on any atom is 0.285 e. The fourth-order valence-corrected chi connectivity index (χ4v) is 4.66. The van der Waals surface area contributed by atoms with Crippen LogP contribution in [0.4, 0.5) is 0 Å². The highest BCUT2D eigenvalue weighted by Crippen LogP contribution is 2.40. The first-order valence-corrected chi connectivity index (χ1v) is 9.61. The normalized spacial score (nSPS) is 26.6. The number of fused-ring (bicyclic) bond motifs is 1. The zero-order valence-corrected chi connectivity index (χ0v) is 15.3. The predicted molar refractivity (Wildman–Crippen MR) is 95.7 cm³/mol. The second-order valence-electron chi connectivity index (χ2n) is 8.35. The molecule has 0 saturated carbocycles. The summed E-state index contributed by atoms with van der Waals surface area (Å²) in [4.78, 5) is 33.8. The van der Waals surface area contributed by atoms with Crippen LogP contribution in [0.2, 0.25) is 0 Å². The molecule has 3 aliphatic rings.